The van der Waals surface area contributed by atoms with Gasteiger partial charge in [0.05, 0.1) is 16.9 Å². The van der Waals surface area contributed by atoms with Crippen molar-refractivity contribution in [1.82, 2.24) is 9.78 Å². The van der Waals surface area contributed by atoms with Crippen LogP contribution in [0.3, 0.4) is 0 Å². The molecule has 1 aliphatic rings. The largest absolute Gasteiger partial charge is 0.323 e. The van der Waals surface area contributed by atoms with Crippen molar-refractivity contribution in [2.75, 3.05) is 0 Å². The van der Waals surface area contributed by atoms with E-state index >= 15 is 0 Å². The molecule has 1 heterocycles. The molecule has 0 radical (unpaired) electrons. The highest BCUT2D eigenvalue weighted by molar-refractivity contribution is 6.31. The fraction of sp³-hybridized carbons (Fsp3) is 0.769. The normalized spacial score (nSPS) is 20.2. The summed E-state index contributed by atoms with van der Waals surface area (Å²) < 4.78 is 1.81. The second kappa shape index (κ2) is 5.87. The molecule has 1 aromatic heterocycles. The van der Waals surface area contributed by atoms with Gasteiger partial charge in [-0.15, -0.1) is 0 Å². The molecule has 1 saturated carbocycles. The number of aromatic nitrogens is 2. The molecule has 0 aliphatic heterocycles. The van der Waals surface area contributed by atoms with Gasteiger partial charge in [-0.3, -0.25) is 4.68 Å². The summed E-state index contributed by atoms with van der Waals surface area (Å²) in [4.78, 5) is 0. The minimum Gasteiger partial charge on any atom is -0.323 e. The third kappa shape index (κ3) is 3.23. The summed E-state index contributed by atoms with van der Waals surface area (Å²) in [5, 5.41) is 4.86. The van der Waals surface area contributed by atoms with Crippen molar-refractivity contribution in [2.24, 2.45) is 18.7 Å². The molecule has 3 nitrogen and oxygen atoms in total. The van der Waals surface area contributed by atoms with E-state index in [9.17, 15) is 0 Å². The molecule has 0 spiro atoms. The molecule has 1 unspecified atom stereocenters. The molecule has 1 fully saturated rings. The Morgan fingerprint density at radius 3 is 2.59 bits per heavy atom. The average molecular weight is 256 g/mol. The Hall–Kier alpha value is -0.540. The van der Waals surface area contributed by atoms with Crippen molar-refractivity contribution in [3.8, 4) is 0 Å². The number of hydrogen-bond donors (Lipinski definition) is 1. The maximum Gasteiger partial charge on any atom is 0.0833 e. The van der Waals surface area contributed by atoms with Crippen molar-refractivity contribution in [1.29, 1.82) is 0 Å². The lowest BCUT2D eigenvalue weighted by Gasteiger charge is -2.19. The van der Waals surface area contributed by atoms with Gasteiger partial charge in [0.25, 0.3) is 0 Å². The van der Waals surface area contributed by atoms with E-state index in [2.05, 4.69) is 5.10 Å². The second-order valence-corrected chi connectivity index (χ2v) is 5.61. The van der Waals surface area contributed by atoms with Gasteiger partial charge in [-0.2, -0.15) is 5.10 Å². The first-order chi connectivity index (χ1) is 8.18. The Bertz CT molecular complexity index is 334. The highest BCUT2D eigenvalue weighted by Crippen LogP contribution is 2.31. The van der Waals surface area contributed by atoms with Crippen molar-refractivity contribution in [3.63, 3.8) is 0 Å². The van der Waals surface area contributed by atoms with Gasteiger partial charge >= 0.3 is 0 Å². The van der Waals surface area contributed by atoms with Gasteiger partial charge in [0, 0.05) is 13.1 Å². The fourth-order valence-electron chi connectivity index (χ4n) is 2.91. The molecule has 4 heteroatoms. The molecule has 0 aromatic carbocycles. The smallest absolute Gasteiger partial charge is 0.0833 e. The highest BCUT2D eigenvalue weighted by atomic mass is 35.5. The van der Waals surface area contributed by atoms with Gasteiger partial charge in [0.1, 0.15) is 0 Å². The van der Waals surface area contributed by atoms with Crippen LogP contribution < -0.4 is 5.73 Å². The Morgan fingerprint density at radius 1 is 1.41 bits per heavy atom. The topological polar surface area (TPSA) is 43.8 Å². The lowest BCUT2D eigenvalue weighted by molar-refractivity contribution is 0.384. The molecule has 2 N–H and O–H groups in total. The van der Waals surface area contributed by atoms with Crippen LogP contribution in [-0.4, -0.2) is 9.78 Å². The van der Waals surface area contributed by atoms with Crippen molar-refractivity contribution in [2.45, 2.75) is 51.0 Å². The molecule has 1 atom stereocenters. The fourth-order valence-corrected chi connectivity index (χ4v) is 3.21. The molecule has 0 saturated heterocycles. The Labute approximate surface area is 108 Å². The van der Waals surface area contributed by atoms with E-state index in [0.717, 1.165) is 18.0 Å². The molecule has 1 aromatic rings. The summed E-state index contributed by atoms with van der Waals surface area (Å²) in [6, 6.07) is 0.0260. The van der Waals surface area contributed by atoms with Crippen LogP contribution in [0.2, 0.25) is 5.02 Å². The van der Waals surface area contributed by atoms with Crippen molar-refractivity contribution < 1.29 is 0 Å². The molecule has 1 aliphatic carbocycles. The lowest BCUT2D eigenvalue weighted by atomic mass is 9.92. The van der Waals surface area contributed by atoms with E-state index < -0.39 is 0 Å². The van der Waals surface area contributed by atoms with Crippen LogP contribution in [0.1, 0.15) is 56.7 Å². The molecular formula is C13H22ClN3. The maximum absolute atomic E-state index is 6.28. The van der Waals surface area contributed by atoms with E-state index in [4.69, 9.17) is 17.3 Å². The first-order valence-corrected chi connectivity index (χ1v) is 6.99. The first kappa shape index (κ1) is 12.9. The van der Waals surface area contributed by atoms with Gasteiger partial charge in [-0.1, -0.05) is 50.1 Å². The van der Waals surface area contributed by atoms with E-state index in [1.54, 1.807) is 6.20 Å². The minimum atomic E-state index is 0.0260. The number of hydrogen-bond acceptors (Lipinski definition) is 2. The first-order valence-electron chi connectivity index (χ1n) is 6.61. The van der Waals surface area contributed by atoms with Crippen LogP contribution in [0.4, 0.5) is 0 Å². The SMILES string of the molecule is Cn1ncc(Cl)c1C(N)CC1CCCCCC1. The van der Waals surface area contributed by atoms with Crippen LogP contribution in [0.25, 0.3) is 0 Å². The van der Waals surface area contributed by atoms with Crippen LogP contribution in [-0.2, 0) is 7.05 Å². The zero-order valence-electron chi connectivity index (χ0n) is 10.5. The molecule has 17 heavy (non-hydrogen) atoms. The molecule has 0 amide bonds. The number of halogens is 1. The third-order valence-corrected chi connectivity index (χ3v) is 4.14. The van der Waals surface area contributed by atoms with E-state index in [1.807, 2.05) is 11.7 Å². The predicted octanol–water partition coefficient (Wildman–Crippen LogP) is 3.43. The molecule has 0 bridgehead atoms. The summed E-state index contributed by atoms with van der Waals surface area (Å²) in [5.41, 5.74) is 7.26. The van der Waals surface area contributed by atoms with Crippen LogP contribution >= 0.6 is 11.6 Å². The molecular weight excluding hydrogens is 234 g/mol. The van der Waals surface area contributed by atoms with E-state index in [-0.39, 0.29) is 6.04 Å². The van der Waals surface area contributed by atoms with Crippen LogP contribution in [0, 0.1) is 5.92 Å². The number of nitrogens with two attached hydrogens (primary N) is 1. The van der Waals surface area contributed by atoms with Crippen molar-refractivity contribution >= 4 is 11.6 Å². The Balaban J connectivity index is 1.98. The predicted molar refractivity (Wildman–Crippen MR) is 71.0 cm³/mol. The molecule has 96 valence electrons. The number of aryl methyl sites for hydroxylation is 1. The monoisotopic (exact) mass is 255 g/mol. The summed E-state index contributed by atoms with van der Waals surface area (Å²) in [6.07, 6.45) is 10.9. The summed E-state index contributed by atoms with van der Waals surface area (Å²) in [5.74, 6) is 0.762. The van der Waals surface area contributed by atoms with Gasteiger partial charge < -0.3 is 5.73 Å². The maximum atomic E-state index is 6.28. The van der Waals surface area contributed by atoms with E-state index in [1.165, 1.54) is 38.5 Å². The minimum absolute atomic E-state index is 0.0260. The molecule has 2 rings (SSSR count). The van der Waals surface area contributed by atoms with Gasteiger partial charge in [-0.25, -0.2) is 0 Å². The van der Waals surface area contributed by atoms with Gasteiger partial charge in [-0.05, 0) is 12.3 Å². The summed E-state index contributed by atoms with van der Waals surface area (Å²) in [7, 11) is 1.91. The Kier molecular flexibility index (Phi) is 4.46. The highest BCUT2D eigenvalue weighted by Gasteiger charge is 2.20. The summed E-state index contributed by atoms with van der Waals surface area (Å²) >= 11 is 6.13. The van der Waals surface area contributed by atoms with Gasteiger partial charge in [0.15, 0.2) is 0 Å². The standard InChI is InChI=1S/C13H22ClN3/c1-17-13(11(14)9-16-17)12(15)8-10-6-4-2-3-5-7-10/h9-10,12H,2-8,15H2,1H3. The quantitative estimate of drug-likeness (QED) is 0.841. The zero-order valence-corrected chi connectivity index (χ0v) is 11.3. The lowest BCUT2D eigenvalue weighted by Crippen LogP contribution is -2.18. The second-order valence-electron chi connectivity index (χ2n) is 5.20. The van der Waals surface area contributed by atoms with Crippen molar-refractivity contribution in [3.05, 3.63) is 16.9 Å². The van der Waals surface area contributed by atoms with E-state index in [0.29, 0.717) is 5.02 Å². The summed E-state index contributed by atoms with van der Waals surface area (Å²) in [6.45, 7) is 0. The number of rotatable bonds is 3. The van der Waals surface area contributed by atoms with Gasteiger partial charge in [0.2, 0.25) is 0 Å². The zero-order chi connectivity index (χ0) is 12.3. The van der Waals surface area contributed by atoms with Crippen LogP contribution in [0.15, 0.2) is 6.20 Å². The van der Waals surface area contributed by atoms with Crippen LogP contribution in [0.5, 0.6) is 0 Å². The Morgan fingerprint density at radius 2 is 2.06 bits per heavy atom. The number of nitrogens with zero attached hydrogens (tertiary/aromatic N) is 2. The third-order valence-electron chi connectivity index (χ3n) is 3.85. The average Bonchev–Trinajstić information content (AvgIpc) is 2.53.